The van der Waals surface area contributed by atoms with E-state index in [2.05, 4.69) is 0 Å². The molecule has 0 radical (unpaired) electrons. The molecule has 5 nitrogen and oxygen atoms in total. The minimum Gasteiger partial charge on any atom is -0.480 e. The second kappa shape index (κ2) is 4.77. The monoisotopic (exact) mass is 332 g/mol. The van der Waals surface area contributed by atoms with Crippen molar-refractivity contribution < 1.29 is 19.2 Å². The van der Waals surface area contributed by atoms with Crippen LogP contribution in [0.1, 0.15) is 4.88 Å². The Labute approximate surface area is 134 Å². The van der Waals surface area contributed by atoms with Crippen LogP contribution in [0.15, 0.2) is 52.2 Å². The van der Waals surface area contributed by atoms with Gasteiger partial charge in [-0.1, -0.05) is 11.6 Å². The summed E-state index contributed by atoms with van der Waals surface area (Å²) >= 11 is 7.23. The van der Waals surface area contributed by atoms with Crippen molar-refractivity contribution >= 4 is 46.9 Å². The summed E-state index contributed by atoms with van der Waals surface area (Å²) < 4.78 is 5.93. The van der Waals surface area contributed by atoms with Crippen molar-refractivity contribution in [2.75, 3.05) is 0 Å². The van der Waals surface area contributed by atoms with Crippen LogP contribution in [-0.2, 0) is 9.45 Å². The lowest BCUT2D eigenvalue weighted by atomic mass is 9.76. The van der Waals surface area contributed by atoms with Gasteiger partial charge in [-0.2, -0.15) is 0 Å². The lowest BCUT2D eigenvalue weighted by Gasteiger charge is -2.16. The van der Waals surface area contributed by atoms with E-state index in [-0.39, 0.29) is 17.2 Å². The largest absolute Gasteiger partial charge is 0.565 e. The fraction of sp³-hybridized carbons (Fsp3) is 0.0714. The number of hydrogen-bond acceptors (Lipinski definition) is 5. The van der Waals surface area contributed by atoms with Crippen LogP contribution in [0, 0.1) is 4.91 Å². The molecule has 1 unspecified atom stereocenters. The van der Waals surface area contributed by atoms with Gasteiger partial charge in [0.15, 0.2) is 11.4 Å². The molecular formula is C14H8BClNO4S+. The van der Waals surface area contributed by atoms with Gasteiger partial charge in [0, 0.05) is 25.9 Å². The van der Waals surface area contributed by atoms with Gasteiger partial charge in [0.2, 0.25) is 0 Å². The predicted molar refractivity (Wildman–Crippen MR) is 83.5 cm³/mol. The molecule has 4 rings (SSSR count). The molecular weight excluding hydrogens is 324 g/mol. The summed E-state index contributed by atoms with van der Waals surface area (Å²) in [6, 6.07) is 0.978. The van der Waals surface area contributed by atoms with Gasteiger partial charge in [-0.05, 0) is 35.8 Å². The summed E-state index contributed by atoms with van der Waals surface area (Å²) in [5.41, 5.74) is 1.18. The molecule has 1 aromatic rings. The Morgan fingerprint density at radius 1 is 1.41 bits per heavy atom. The second-order valence-electron chi connectivity index (χ2n) is 5.02. The number of fused-ring (bicyclic) bond motifs is 3. The van der Waals surface area contributed by atoms with Crippen LogP contribution in [0.5, 0.6) is 0 Å². The highest BCUT2D eigenvalue weighted by Gasteiger charge is 2.48. The van der Waals surface area contributed by atoms with E-state index in [1.165, 1.54) is 17.4 Å². The molecule has 2 aliphatic heterocycles. The summed E-state index contributed by atoms with van der Waals surface area (Å²) in [5, 5.41) is 12.2. The zero-order valence-electron chi connectivity index (χ0n) is 11.0. The lowest BCUT2D eigenvalue weighted by molar-refractivity contribution is -0.540. The number of allylic oxidation sites excluding steroid dienone is 4. The molecule has 0 spiro atoms. The molecule has 3 aliphatic rings. The summed E-state index contributed by atoms with van der Waals surface area (Å²) in [4.78, 5) is 25.8. The molecule has 108 valence electrons. The van der Waals surface area contributed by atoms with E-state index in [9.17, 15) is 14.7 Å². The Morgan fingerprint density at radius 3 is 3.05 bits per heavy atom. The predicted octanol–water partition coefficient (Wildman–Crippen LogP) is 1.48. The molecule has 3 heterocycles. The summed E-state index contributed by atoms with van der Waals surface area (Å²) in [6.07, 6.45) is 6.18. The zero-order chi connectivity index (χ0) is 15.4. The Balaban J connectivity index is 1.94. The number of carbonyl (C=O) groups excluding carboxylic acids is 1. The topological polar surface area (TPSA) is 66.6 Å². The van der Waals surface area contributed by atoms with E-state index in [1.54, 1.807) is 29.7 Å². The van der Waals surface area contributed by atoms with E-state index in [1.807, 2.05) is 0 Å². The number of halogens is 1. The van der Waals surface area contributed by atoms with Crippen LogP contribution in [0.3, 0.4) is 0 Å². The second-order valence-corrected chi connectivity index (χ2v) is 6.38. The summed E-state index contributed by atoms with van der Waals surface area (Å²) in [6.45, 7) is 0. The van der Waals surface area contributed by atoms with Gasteiger partial charge in [-0.15, -0.1) is 11.3 Å². The number of nitroso groups, excluding NO2 is 1. The van der Waals surface area contributed by atoms with E-state index >= 15 is 0 Å². The SMILES string of the molecule is O=C1C=C2C=C(Cl)C=CC2[N+](=O)C2=C1c1sccc1B(O)O2. The minimum atomic E-state index is -1.25. The first-order chi connectivity index (χ1) is 10.6. The molecule has 0 aromatic carbocycles. The number of rotatable bonds is 0. The van der Waals surface area contributed by atoms with E-state index in [0.717, 1.165) is 0 Å². The molecule has 22 heavy (non-hydrogen) atoms. The number of carbonyl (C=O) groups is 1. The quantitative estimate of drug-likeness (QED) is 0.577. The van der Waals surface area contributed by atoms with Gasteiger partial charge in [-0.3, -0.25) is 4.79 Å². The summed E-state index contributed by atoms with van der Waals surface area (Å²) in [7, 11) is -1.25. The number of hydrogen-bond donors (Lipinski definition) is 1. The lowest BCUT2D eigenvalue weighted by Crippen LogP contribution is -2.41. The fourth-order valence-electron chi connectivity index (χ4n) is 2.70. The maximum Gasteiger partial charge on any atom is 0.565 e. The van der Waals surface area contributed by atoms with Crippen LogP contribution in [0.25, 0.3) is 5.57 Å². The van der Waals surface area contributed by atoms with Gasteiger partial charge in [0.05, 0.1) is 4.76 Å². The van der Waals surface area contributed by atoms with Crippen LogP contribution in [-0.4, -0.2) is 28.7 Å². The molecule has 1 aliphatic carbocycles. The van der Waals surface area contributed by atoms with Crippen molar-refractivity contribution in [3.63, 3.8) is 0 Å². The van der Waals surface area contributed by atoms with Gasteiger partial charge < -0.3 is 9.68 Å². The van der Waals surface area contributed by atoms with E-state index < -0.39 is 13.2 Å². The van der Waals surface area contributed by atoms with E-state index in [0.29, 0.717) is 25.7 Å². The third kappa shape index (κ3) is 1.86. The highest BCUT2D eigenvalue weighted by atomic mass is 35.5. The highest BCUT2D eigenvalue weighted by Crippen LogP contribution is 2.35. The third-order valence-corrected chi connectivity index (χ3v) is 4.89. The van der Waals surface area contributed by atoms with Crippen molar-refractivity contribution in [2.45, 2.75) is 6.04 Å². The normalized spacial score (nSPS) is 23.2. The molecule has 0 saturated carbocycles. The Hall–Kier alpha value is -1.96. The van der Waals surface area contributed by atoms with Gasteiger partial charge in [0.25, 0.3) is 6.04 Å². The molecule has 0 fully saturated rings. The first-order valence-electron chi connectivity index (χ1n) is 6.50. The molecule has 1 aromatic heterocycles. The van der Waals surface area contributed by atoms with Crippen molar-refractivity contribution in [1.29, 1.82) is 0 Å². The Morgan fingerprint density at radius 2 is 2.23 bits per heavy atom. The van der Waals surface area contributed by atoms with Crippen molar-refractivity contribution in [1.82, 2.24) is 0 Å². The molecule has 0 amide bonds. The standard InChI is InChI=1S/C14H8BClNO4S/c16-8-1-2-10-7(5-8)6-11(18)12-13-9(3-4-22-13)15(19)21-14(12)17(10)20/h1-6,10,19H/q+1. The maximum absolute atomic E-state index is 12.7. The third-order valence-electron chi connectivity index (χ3n) is 3.71. The van der Waals surface area contributed by atoms with Crippen LogP contribution in [0.2, 0.25) is 0 Å². The van der Waals surface area contributed by atoms with Crippen LogP contribution < -0.4 is 5.46 Å². The van der Waals surface area contributed by atoms with Gasteiger partial charge in [0.1, 0.15) is 0 Å². The van der Waals surface area contributed by atoms with Crippen molar-refractivity contribution in [2.24, 2.45) is 0 Å². The first kappa shape index (κ1) is 13.7. The number of ketones is 1. The minimum absolute atomic E-state index is 0.153. The van der Waals surface area contributed by atoms with Gasteiger partial charge in [-0.25, -0.2) is 0 Å². The average Bonchev–Trinajstić information content (AvgIpc) is 2.93. The first-order valence-corrected chi connectivity index (χ1v) is 7.76. The molecule has 1 N–H and O–H groups in total. The molecule has 8 heteroatoms. The maximum atomic E-state index is 12.7. The summed E-state index contributed by atoms with van der Waals surface area (Å²) in [5.74, 6) is -0.486. The highest BCUT2D eigenvalue weighted by molar-refractivity contribution is 7.13. The Bertz CT molecular complexity index is 851. The molecule has 1 atom stereocenters. The smallest absolute Gasteiger partial charge is 0.480 e. The average molecular weight is 333 g/mol. The van der Waals surface area contributed by atoms with Crippen molar-refractivity contribution in [3.8, 4) is 0 Å². The van der Waals surface area contributed by atoms with Crippen LogP contribution in [0.4, 0.5) is 0 Å². The zero-order valence-corrected chi connectivity index (χ0v) is 12.6. The van der Waals surface area contributed by atoms with Gasteiger partial charge >= 0.3 is 13.0 Å². The van der Waals surface area contributed by atoms with Crippen molar-refractivity contribution in [3.05, 3.63) is 62.0 Å². The molecule has 0 saturated heterocycles. The number of nitrogens with zero attached hydrogens (tertiary/aromatic N) is 1. The van der Waals surface area contributed by atoms with E-state index in [4.69, 9.17) is 16.3 Å². The Kier molecular flexibility index (Phi) is 2.97. The fourth-order valence-corrected chi connectivity index (χ4v) is 3.86. The van der Waals surface area contributed by atoms with Crippen LogP contribution >= 0.6 is 22.9 Å². The molecule has 0 bridgehead atoms. The number of thiophene rings is 1.